The van der Waals surface area contributed by atoms with Gasteiger partial charge in [-0.2, -0.15) is 5.10 Å². The van der Waals surface area contributed by atoms with E-state index >= 15 is 0 Å². The van der Waals surface area contributed by atoms with Gasteiger partial charge in [0.1, 0.15) is 6.33 Å². The van der Waals surface area contributed by atoms with Crippen molar-refractivity contribution in [3.63, 3.8) is 0 Å². The van der Waals surface area contributed by atoms with Gasteiger partial charge in [-0.1, -0.05) is 33.8 Å². The molecule has 1 N–H and O–H groups in total. The molecule has 2 fully saturated rings. The van der Waals surface area contributed by atoms with Crippen molar-refractivity contribution in [2.24, 2.45) is 5.41 Å². The van der Waals surface area contributed by atoms with Gasteiger partial charge in [-0.05, 0) is 97.3 Å². The third kappa shape index (κ3) is 3.84. The average molecular weight is 456 g/mol. The van der Waals surface area contributed by atoms with Crippen LogP contribution in [0.1, 0.15) is 81.9 Å². The Labute approximate surface area is 202 Å². The molecular weight excluding hydrogens is 418 g/mol. The molecule has 5 heteroatoms. The highest BCUT2D eigenvalue weighted by atomic mass is 15.3. The molecule has 3 aromatic heterocycles. The lowest BCUT2D eigenvalue weighted by atomic mass is 9.87. The second-order valence-electron chi connectivity index (χ2n) is 11.4. The Morgan fingerprint density at radius 1 is 1.15 bits per heavy atom. The Hall–Kier alpha value is -2.66. The molecule has 0 amide bonds. The molecule has 0 atom stereocenters. The number of hydrogen-bond donors (Lipinski definition) is 1. The molecule has 0 spiro atoms. The van der Waals surface area contributed by atoms with Gasteiger partial charge in [0.15, 0.2) is 5.65 Å². The van der Waals surface area contributed by atoms with Crippen molar-refractivity contribution in [3.05, 3.63) is 53.5 Å². The van der Waals surface area contributed by atoms with Crippen molar-refractivity contribution >= 4 is 16.6 Å². The van der Waals surface area contributed by atoms with Crippen molar-refractivity contribution in [2.75, 3.05) is 19.6 Å². The monoisotopic (exact) mass is 455 g/mol. The number of piperidine rings is 1. The molecule has 1 saturated heterocycles. The van der Waals surface area contributed by atoms with Crippen molar-refractivity contribution in [1.29, 1.82) is 0 Å². The number of aromatic amines is 1. The number of hydrogen-bond acceptors (Lipinski definition) is 3. The second-order valence-corrected chi connectivity index (χ2v) is 11.4. The standard InChI is InChI=1S/C29H37N5/c1-5-20-15-26-30-18-31-34(26)16-24(20)28-27(19(2)3)23-14-22(6-7-25(23)32-28)21-8-12-33(13-9-21)17-29(4)10-11-29/h6-7,14-16,18-19,21,32H,5,8-13,17H2,1-4H3. The van der Waals surface area contributed by atoms with Gasteiger partial charge in [-0.3, -0.25) is 0 Å². The van der Waals surface area contributed by atoms with Crippen molar-refractivity contribution in [3.8, 4) is 11.3 Å². The molecular formula is C29H37N5. The van der Waals surface area contributed by atoms with E-state index in [4.69, 9.17) is 0 Å². The maximum Gasteiger partial charge on any atom is 0.155 e. The molecule has 2 aliphatic rings. The third-order valence-corrected chi connectivity index (χ3v) is 8.36. The molecule has 1 aromatic carbocycles. The number of aryl methyl sites for hydroxylation is 1. The van der Waals surface area contributed by atoms with Gasteiger partial charge in [0.05, 0.1) is 5.69 Å². The highest BCUT2D eigenvalue weighted by Gasteiger charge is 2.39. The summed E-state index contributed by atoms with van der Waals surface area (Å²) in [5.41, 5.74) is 9.49. The summed E-state index contributed by atoms with van der Waals surface area (Å²) >= 11 is 0. The summed E-state index contributed by atoms with van der Waals surface area (Å²) < 4.78 is 1.89. The minimum absolute atomic E-state index is 0.427. The maximum absolute atomic E-state index is 4.40. The number of aromatic nitrogens is 4. The summed E-state index contributed by atoms with van der Waals surface area (Å²) in [7, 11) is 0. The third-order valence-electron chi connectivity index (χ3n) is 8.36. The number of H-pyrrole nitrogens is 1. The molecule has 0 unspecified atom stereocenters. The van der Waals surface area contributed by atoms with E-state index in [1.54, 1.807) is 6.33 Å². The highest BCUT2D eigenvalue weighted by molar-refractivity contribution is 5.92. The van der Waals surface area contributed by atoms with Crippen LogP contribution >= 0.6 is 0 Å². The van der Waals surface area contributed by atoms with Gasteiger partial charge in [0, 0.05) is 29.2 Å². The molecule has 4 heterocycles. The zero-order valence-corrected chi connectivity index (χ0v) is 21.1. The average Bonchev–Trinajstić information content (AvgIpc) is 3.22. The normalized spacial score (nSPS) is 19.0. The minimum atomic E-state index is 0.427. The van der Waals surface area contributed by atoms with Gasteiger partial charge in [0.25, 0.3) is 0 Å². The predicted octanol–water partition coefficient (Wildman–Crippen LogP) is 6.54. The Bertz CT molecular complexity index is 1330. The number of rotatable bonds is 6. The maximum atomic E-state index is 4.40. The zero-order chi connectivity index (χ0) is 23.4. The van der Waals surface area contributed by atoms with E-state index in [0.29, 0.717) is 17.3 Å². The summed E-state index contributed by atoms with van der Waals surface area (Å²) in [5, 5.41) is 5.79. The summed E-state index contributed by atoms with van der Waals surface area (Å²) in [6.07, 6.45) is 10.1. The topological polar surface area (TPSA) is 49.2 Å². The van der Waals surface area contributed by atoms with Gasteiger partial charge < -0.3 is 9.88 Å². The number of pyridine rings is 1. The van der Waals surface area contributed by atoms with Crippen LogP contribution in [0.2, 0.25) is 0 Å². The fourth-order valence-electron chi connectivity index (χ4n) is 6.05. The van der Waals surface area contributed by atoms with Crippen LogP contribution in [0.4, 0.5) is 0 Å². The number of fused-ring (bicyclic) bond motifs is 2. The molecule has 0 radical (unpaired) electrons. The first-order valence-electron chi connectivity index (χ1n) is 13.1. The van der Waals surface area contributed by atoms with Crippen molar-refractivity contribution in [2.45, 2.75) is 71.6 Å². The van der Waals surface area contributed by atoms with Crippen LogP contribution in [0.5, 0.6) is 0 Å². The highest BCUT2D eigenvalue weighted by Crippen LogP contribution is 2.46. The lowest BCUT2D eigenvalue weighted by molar-refractivity contribution is 0.180. The summed E-state index contributed by atoms with van der Waals surface area (Å²) in [4.78, 5) is 10.9. The minimum Gasteiger partial charge on any atom is -0.354 e. The predicted molar refractivity (Wildman–Crippen MR) is 140 cm³/mol. The van der Waals surface area contributed by atoms with Gasteiger partial charge in [-0.25, -0.2) is 9.50 Å². The molecule has 1 aliphatic heterocycles. The van der Waals surface area contributed by atoms with E-state index < -0.39 is 0 Å². The van der Waals surface area contributed by atoms with Crippen molar-refractivity contribution in [1.82, 2.24) is 24.5 Å². The van der Waals surface area contributed by atoms with Crippen molar-refractivity contribution < 1.29 is 0 Å². The van der Waals surface area contributed by atoms with E-state index in [1.807, 2.05) is 4.52 Å². The Morgan fingerprint density at radius 2 is 1.94 bits per heavy atom. The molecule has 1 saturated carbocycles. The number of likely N-dealkylation sites (tertiary alicyclic amines) is 1. The Kier molecular flexibility index (Phi) is 5.29. The zero-order valence-electron chi connectivity index (χ0n) is 21.1. The van der Waals surface area contributed by atoms with Crippen LogP contribution in [0.15, 0.2) is 36.8 Å². The first kappa shape index (κ1) is 21.8. The molecule has 34 heavy (non-hydrogen) atoms. The van der Waals surface area contributed by atoms with Crippen LogP contribution < -0.4 is 0 Å². The van der Waals surface area contributed by atoms with Gasteiger partial charge >= 0.3 is 0 Å². The summed E-state index contributed by atoms with van der Waals surface area (Å²) in [6, 6.07) is 9.36. The first-order valence-corrected chi connectivity index (χ1v) is 13.1. The SMILES string of the molecule is CCc1cc2ncnn2cc1-c1[nH]c2ccc(C3CCN(CC4(C)CC4)CC3)cc2c1C(C)C. The molecule has 5 nitrogen and oxygen atoms in total. The van der Waals surface area contributed by atoms with Gasteiger partial charge in [-0.15, -0.1) is 0 Å². The Balaban J connectivity index is 1.35. The fraction of sp³-hybridized carbons (Fsp3) is 0.517. The molecule has 0 bridgehead atoms. The second kappa shape index (κ2) is 8.23. The Morgan fingerprint density at radius 3 is 2.65 bits per heavy atom. The van der Waals surface area contributed by atoms with Crippen LogP contribution in [0, 0.1) is 5.41 Å². The van der Waals surface area contributed by atoms with Crippen LogP contribution in [0.25, 0.3) is 27.8 Å². The molecule has 178 valence electrons. The van der Waals surface area contributed by atoms with E-state index in [0.717, 1.165) is 12.1 Å². The summed E-state index contributed by atoms with van der Waals surface area (Å²) in [6.45, 7) is 13.1. The number of benzene rings is 1. The molecule has 6 rings (SSSR count). The number of nitrogens with one attached hydrogen (secondary N) is 1. The van der Waals surface area contributed by atoms with E-state index in [2.05, 4.69) is 78.1 Å². The summed E-state index contributed by atoms with van der Waals surface area (Å²) in [5.74, 6) is 1.10. The molecule has 4 aromatic rings. The van der Waals surface area contributed by atoms with Crippen LogP contribution in [-0.2, 0) is 6.42 Å². The first-order chi connectivity index (χ1) is 16.4. The smallest absolute Gasteiger partial charge is 0.155 e. The van der Waals surface area contributed by atoms with E-state index in [1.165, 1.54) is 84.2 Å². The lowest BCUT2D eigenvalue weighted by Gasteiger charge is -2.34. The van der Waals surface area contributed by atoms with Crippen LogP contribution in [0.3, 0.4) is 0 Å². The van der Waals surface area contributed by atoms with Crippen LogP contribution in [-0.4, -0.2) is 44.1 Å². The fourth-order valence-corrected chi connectivity index (χ4v) is 6.05. The lowest BCUT2D eigenvalue weighted by Crippen LogP contribution is -2.36. The van der Waals surface area contributed by atoms with E-state index in [9.17, 15) is 0 Å². The number of nitrogens with zero attached hydrogens (tertiary/aromatic N) is 4. The van der Waals surface area contributed by atoms with Gasteiger partial charge in [0.2, 0.25) is 0 Å². The molecule has 1 aliphatic carbocycles. The largest absolute Gasteiger partial charge is 0.354 e. The van der Waals surface area contributed by atoms with E-state index in [-0.39, 0.29) is 0 Å². The quantitative estimate of drug-likeness (QED) is 0.359.